The summed E-state index contributed by atoms with van der Waals surface area (Å²) in [6.45, 7) is 0.366. The van der Waals surface area contributed by atoms with E-state index in [-0.39, 0.29) is 12.0 Å². The normalized spacial score (nSPS) is 11.9. The molecule has 0 aliphatic rings. The van der Waals surface area contributed by atoms with Crippen molar-refractivity contribution >= 4 is 11.9 Å². The summed E-state index contributed by atoms with van der Waals surface area (Å²) in [5.41, 5.74) is -0.303. The molecule has 0 aromatic heterocycles. The molecule has 1 amide bonds. The molecule has 1 unspecified atom stereocenters. The molecule has 0 bridgehead atoms. The Balaban J connectivity index is 2.75. The average Bonchev–Trinajstić information content (AvgIpc) is 2.40. The zero-order valence-corrected chi connectivity index (χ0v) is 10.9. The lowest BCUT2D eigenvalue weighted by Gasteiger charge is -2.14. The lowest BCUT2D eigenvalue weighted by Crippen LogP contribution is -2.41. The number of nitrogens with one attached hydrogen (secondary N) is 1. The predicted molar refractivity (Wildman–Crippen MR) is 68.1 cm³/mol. The maximum atomic E-state index is 13.0. The Hall–Kier alpha value is -2.15. The summed E-state index contributed by atoms with van der Waals surface area (Å²) in [5, 5.41) is 20.7. The zero-order valence-electron chi connectivity index (χ0n) is 10.9. The van der Waals surface area contributed by atoms with Crippen LogP contribution in [0.5, 0.6) is 5.75 Å². The van der Waals surface area contributed by atoms with Crippen molar-refractivity contribution in [1.82, 2.24) is 5.32 Å². The quantitative estimate of drug-likeness (QED) is 0.653. The molecule has 0 fully saturated rings. The summed E-state index contributed by atoms with van der Waals surface area (Å²) in [7, 11) is 1.49. The second kappa shape index (κ2) is 7.44. The molecule has 0 heterocycles. The van der Waals surface area contributed by atoms with Gasteiger partial charge in [0.2, 0.25) is 0 Å². The van der Waals surface area contributed by atoms with Crippen LogP contribution in [-0.4, -0.2) is 41.8 Å². The minimum absolute atomic E-state index is 0.172. The Morgan fingerprint density at radius 2 is 2.15 bits per heavy atom. The van der Waals surface area contributed by atoms with Gasteiger partial charge >= 0.3 is 5.97 Å². The Kier molecular flexibility index (Phi) is 5.92. The number of methoxy groups -OCH3 is 1. The van der Waals surface area contributed by atoms with Crippen molar-refractivity contribution in [3.63, 3.8) is 0 Å². The molecular formula is C13H16FNO5. The predicted octanol–water partition coefficient (Wildman–Crippen LogP) is 1.14. The smallest absolute Gasteiger partial charge is 0.326 e. The first-order valence-electron chi connectivity index (χ1n) is 5.96. The van der Waals surface area contributed by atoms with Gasteiger partial charge in [0.15, 0.2) is 0 Å². The minimum Gasteiger partial charge on any atom is -0.507 e. The van der Waals surface area contributed by atoms with E-state index in [0.29, 0.717) is 13.0 Å². The van der Waals surface area contributed by atoms with Gasteiger partial charge < -0.3 is 20.3 Å². The number of rotatable bonds is 7. The Morgan fingerprint density at radius 3 is 2.75 bits per heavy atom. The lowest BCUT2D eigenvalue weighted by molar-refractivity contribution is -0.139. The van der Waals surface area contributed by atoms with E-state index in [0.717, 1.165) is 18.2 Å². The molecule has 3 N–H and O–H groups in total. The highest BCUT2D eigenvalue weighted by molar-refractivity contribution is 5.98. The largest absolute Gasteiger partial charge is 0.507 e. The highest BCUT2D eigenvalue weighted by atomic mass is 19.1. The third kappa shape index (κ3) is 4.51. The number of ether oxygens (including phenoxy) is 1. The first-order chi connectivity index (χ1) is 9.45. The number of carboxylic acid groups (broad SMARTS) is 1. The van der Waals surface area contributed by atoms with Gasteiger partial charge in [-0.2, -0.15) is 0 Å². The zero-order chi connectivity index (χ0) is 15.1. The van der Waals surface area contributed by atoms with Gasteiger partial charge in [0, 0.05) is 13.7 Å². The second-order valence-corrected chi connectivity index (χ2v) is 4.16. The van der Waals surface area contributed by atoms with Crippen LogP contribution in [0.4, 0.5) is 4.39 Å². The monoisotopic (exact) mass is 285 g/mol. The highest BCUT2D eigenvalue weighted by Gasteiger charge is 2.22. The van der Waals surface area contributed by atoms with Crippen LogP contribution in [0, 0.1) is 5.82 Å². The molecular weight excluding hydrogens is 269 g/mol. The van der Waals surface area contributed by atoms with Crippen molar-refractivity contribution in [1.29, 1.82) is 0 Å². The van der Waals surface area contributed by atoms with Gasteiger partial charge in [0.05, 0.1) is 5.56 Å². The Bertz CT molecular complexity index is 492. The fourth-order valence-electron chi connectivity index (χ4n) is 1.62. The highest BCUT2D eigenvalue weighted by Crippen LogP contribution is 2.18. The summed E-state index contributed by atoms with van der Waals surface area (Å²) in [4.78, 5) is 22.9. The van der Waals surface area contributed by atoms with Crippen molar-refractivity contribution in [2.45, 2.75) is 18.9 Å². The molecule has 110 valence electrons. The minimum atomic E-state index is -1.20. The first kappa shape index (κ1) is 15.9. The molecule has 7 heteroatoms. The third-order valence-electron chi connectivity index (χ3n) is 2.65. The van der Waals surface area contributed by atoms with E-state index in [2.05, 4.69) is 5.32 Å². The molecule has 1 aromatic carbocycles. The summed E-state index contributed by atoms with van der Waals surface area (Å²) in [6, 6.07) is 1.75. The number of aliphatic carboxylic acids is 1. The van der Waals surface area contributed by atoms with Crippen molar-refractivity contribution in [2.75, 3.05) is 13.7 Å². The lowest BCUT2D eigenvalue weighted by atomic mass is 10.1. The van der Waals surface area contributed by atoms with Crippen molar-refractivity contribution in [3.05, 3.63) is 29.6 Å². The van der Waals surface area contributed by atoms with E-state index >= 15 is 0 Å². The maximum absolute atomic E-state index is 13.0. The number of amides is 1. The number of carbonyl (C=O) groups is 2. The standard InChI is InChI=1S/C13H16FNO5/c1-20-6-2-3-10(13(18)19)15-12(17)9-7-8(14)4-5-11(9)16/h4-5,7,10,16H,2-3,6H2,1H3,(H,15,17)(H,18,19). The first-order valence-corrected chi connectivity index (χ1v) is 5.96. The third-order valence-corrected chi connectivity index (χ3v) is 2.65. The topological polar surface area (TPSA) is 95.9 Å². The number of carbonyl (C=O) groups excluding carboxylic acids is 1. The fourth-order valence-corrected chi connectivity index (χ4v) is 1.62. The van der Waals surface area contributed by atoms with E-state index in [1.165, 1.54) is 7.11 Å². The van der Waals surface area contributed by atoms with Crippen molar-refractivity contribution < 1.29 is 28.9 Å². The van der Waals surface area contributed by atoms with Crippen LogP contribution < -0.4 is 5.32 Å². The molecule has 1 rings (SSSR count). The summed E-state index contributed by atoms with van der Waals surface area (Å²) in [5.74, 6) is -3.15. The number of phenols is 1. The number of carboxylic acids is 1. The summed E-state index contributed by atoms with van der Waals surface area (Å²) >= 11 is 0. The van der Waals surface area contributed by atoms with Gasteiger partial charge in [0.25, 0.3) is 5.91 Å². The van der Waals surface area contributed by atoms with Crippen LogP contribution in [0.15, 0.2) is 18.2 Å². The number of hydrogen-bond acceptors (Lipinski definition) is 4. The Labute approximate surface area is 115 Å². The molecule has 0 spiro atoms. The van der Waals surface area contributed by atoms with E-state index in [1.54, 1.807) is 0 Å². The summed E-state index contributed by atoms with van der Waals surface area (Å²) < 4.78 is 17.8. The molecule has 20 heavy (non-hydrogen) atoms. The molecule has 6 nitrogen and oxygen atoms in total. The van der Waals surface area contributed by atoms with Crippen LogP contribution in [0.3, 0.4) is 0 Å². The van der Waals surface area contributed by atoms with Gasteiger partial charge in [-0.05, 0) is 31.0 Å². The number of phenolic OH excluding ortho intramolecular Hbond substituents is 1. The van der Waals surface area contributed by atoms with E-state index in [4.69, 9.17) is 9.84 Å². The molecule has 1 atom stereocenters. The average molecular weight is 285 g/mol. The van der Waals surface area contributed by atoms with Crippen LogP contribution in [0.25, 0.3) is 0 Å². The van der Waals surface area contributed by atoms with Gasteiger partial charge in [-0.15, -0.1) is 0 Å². The summed E-state index contributed by atoms with van der Waals surface area (Å²) in [6.07, 6.45) is 0.619. The van der Waals surface area contributed by atoms with E-state index in [1.807, 2.05) is 0 Å². The number of hydrogen-bond donors (Lipinski definition) is 3. The van der Waals surface area contributed by atoms with Gasteiger partial charge in [0.1, 0.15) is 17.6 Å². The molecule has 0 saturated heterocycles. The van der Waals surface area contributed by atoms with E-state index in [9.17, 15) is 19.1 Å². The van der Waals surface area contributed by atoms with E-state index < -0.39 is 29.5 Å². The van der Waals surface area contributed by atoms with Crippen LogP contribution in [0.1, 0.15) is 23.2 Å². The van der Waals surface area contributed by atoms with Crippen molar-refractivity contribution in [3.8, 4) is 5.75 Å². The molecule has 0 saturated carbocycles. The van der Waals surface area contributed by atoms with Crippen LogP contribution >= 0.6 is 0 Å². The maximum Gasteiger partial charge on any atom is 0.326 e. The SMILES string of the molecule is COCCCC(NC(=O)c1cc(F)ccc1O)C(=O)O. The van der Waals surface area contributed by atoms with Crippen LogP contribution in [-0.2, 0) is 9.53 Å². The van der Waals surface area contributed by atoms with Crippen molar-refractivity contribution in [2.24, 2.45) is 0 Å². The molecule has 0 aliphatic carbocycles. The van der Waals surface area contributed by atoms with Gasteiger partial charge in [-0.25, -0.2) is 9.18 Å². The molecule has 0 aliphatic heterocycles. The van der Waals surface area contributed by atoms with Gasteiger partial charge in [-0.1, -0.05) is 0 Å². The number of benzene rings is 1. The van der Waals surface area contributed by atoms with Crippen LogP contribution in [0.2, 0.25) is 0 Å². The number of aromatic hydroxyl groups is 1. The number of halogens is 1. The second-order valence-electron chi connectivity index (χ2n) is 4.16. The fraction of sp³-hybridized carbons (Fsp3) is 0.385. The molecule has 1 aromatic rings. The molecule has 0 radical (unpaired) electrons. The Morgan fingerprint density at radius 1 is 1.45 bits per heavy atom. The van der Waals surface area contributed by atoms with Gasteiger partial charge in [-0.3, -0.25) is 4.79 Å².